The minimum atomic E-state index is -0.109. The van der Waals surface area contributed by atoms with Gasteiger partial charge in [0, 0.05) is 5.92 Å². The number of carbonyl (C=O) groups is 1. The molecule has 0 amide bonds. The first-order valence-corrected chi connectivity index (χ1v) is 4.95. The van der Waals surface area contributed by atoms with E-state index >= 15 is 0 Å². The molecule has 0 aliphatic heterocycles. The number of hydrogen-bond donors (Lipinski definition) is 1. The highest BCUT2D eigenvalue weighted by atomic mass is 16.5. The van der Waals surface area contributed by atoms with Crippen molar-refractivity contribution in [2.75, 3.05) is 7.11 Å². The topological polar surface area (TPSA) is 58.9 Å². The van der Waals surface area contributed by atoms with Gasteiger partial charge in [-0.15, -0.1) is 0 Å². The quantitative estimate of drug-likeness (QED) is 0.319. The first-order chi connectivity index (χ1) is 6.69. The Morgan fingerprint density at radius 3 is 2.21 bits per heavy atom. The van der Waals surface area contributed by atoms with Crippen LogP contribution in [0.4, 0.5) is 0 Å². The summed E-state index contributed by atoms with van der Waals surface area (Å²) in [6.07, 6.45) is 3.50. The van der Waals surface area contributed by atoms with Crippen LogP contribution in [-0.2, 0) is 9.53 Å². The maximum Gasteiger partial charge on any atom is 0.308 e. The van der Waals surface area contributed by atoms with Gasteiger partial charge in [-0.3, -0.25) is 4.79 Å². The Morgan fingerprint density at radius 1 is 1.29 bits per heavy atom. The van der Waals surface area contributed by atoms with Crippen LogP contribution in [0.15, 0.2) is 5.16 Å². The van der Waals surface area contributed by atoms with Crippen LogP contribution in [0.2, 0.25) is 0 Å². The second kappa shape index (κ2) is 4.98. The molecule has 14 heavy (non-hydrogen) atoms. The molecule has 1 rings (SSSR count). The minimum absolute atomic E-state index is 0.0442. The molecule has 1 fully saturated rings. The van der Waals surface area contributed by atoms with Gasteiger partial charge in [0.1, 0.15) is 0 Å². The smallest absolute Gasteiger partial charge is 0.308 e. The molecule has 1 aliphatic carbocycles. The SMILES string of the molecule is COC(=O)C1CCC(/C(C)=N\O)CC1. The third-order valence-electron chi connectivity index (χ3n) is 3.01. The minimum Gasteiger partial charge on any atom is -0.469 e. The van der Waals surface area contributed by atoms with E-state index in [0.717, 1.165) is 31.4 Å². The fourth-order valence-electron chi connectivity index (χ4n) is 2.00. The van der Waals surface area contributed by atoms with Gasteiger partial charge in [0.2, 0.25) is 0 Å². The Bertz CT molecular complexity index is 230. The maximum atomic E-state index is 11.2. The lowest BCUT2D eigenvalue weighted by molar-refractivity contribution is -0.146. The van der Waals surface area contributed by atoms with Crippen molar-refractivity contribution in [1.82, 2.24) is 0 Å². The van der Waals surface area contributed by atoms with Crippen LogP contribution >= 0.6 is 0 Å². The van der Waals surface area contributed by atoms with Crippen LogP contribution in [-0.4, -0.2) is 24.0 Å². The molecule has 0 saturated heterocycles. The summed E-state index contributed by atoms with van der Waals surface area (Å²) < 4.78 is 4.69. The van der Waals surface area contributed by atoms with Crippen molar-refractivity contribution in [3.63, 3.8) is 0 Å². The number of esters is 1. The van der Waals surface area contributed by atoms with E-state index in [9.17, 15) is 4.79 Å². The van der Waals surface area contributed by atoms with Crippen molar-refractivity contribution in [3.8, 4) is 0 Å². The summed E-state index contributed by atoms with van der Waals surface area (Å²) in [5.41, 5.74) is 0.772. The Hall–Kier alpha value is -1.06. The highest BCUT2D eigenvalue weighted by Crippen LogP contribution is 2.30. The molecule has 4 nitrogen and oxygen atoms in total. The van der Waals surface area contributed by atoms with E-state index in [4.69, 9.17) is 9.94 Å². The molecule has 0 aromatic carbocycles. The monoisotopic (exact) mass is 199 g/mol. The molecule has 0 bridgehead atoms. The third kappa shape index (κ3) is 2.47. The largest absolute Gasteiger partial charge is 0.469 e. The number of methoxy groups -OCH3 is 1. The lowest BCUT2D eigenvalue weighted by Gasteiger charge is -2.26. The van der Waals surface area contributed by atoms with Crippen LogP contribution in [0.25, 0.3) is 0 Å². The molecule has 0 heterocycles. The van der Waals surface area contributed by atoms with Crippen LogP contribution < -0.4 is 0 Å². The van der Waals surface area contributed by atoms with E-state index in [0.29, 0.717) is 5.92 Å². The predicted octanol–water partition coefficient (Wildman–Crippen LogP) is 1.82. The highest BCUT2D eigenvalue weighted by molar-refractivity contribution is 5.84. The van der Waals surface area contributed by atoms with Crippen LogP contribution in [0.1, 0.15) is 32.6 Å². The first-order valence-electron chi connectivity index (χ1n) is 4.95. The van der Waals surface area contributed by atoms with Gasteiger partial charge >= 0.3 is 5.97 Å². The summed E-state index contributed by atoms with van der Waals surface area (Å²) in [5, 5.41) is 11.8. The molecule has 0 unspecified atom stereocenters. The van der Waals surface area contributed by atoms with Gasteiger partial charge in [-0.2, -0.15) is 0 Å². The van der Waals surface area contributed by atoms with E-state index in [1.165, 1.54) is 7.11 Å². The van der Waals surface area contributed by atoms with Crippen molar-refractivity contribution in [3.05, 3.63) is 0 Å². The molecule has 1 aliphatic rings. The zero-order valence-electron chi connectivity index (χ0n) is 8.69. The summed E-state index contributed by atoms with van der Waals surface area (Å²) in [5.74, 6) is 0.269. The summed E-state index contributed by atoms with van der Waals surface area (Å²) in [6.45, 7) is 1.82. The molecular weight excluding hydrogens is 182 g/mol. The lowest BCUT2D eigenvalue weighted by atomic mass is 9.80. The maximum absolute atomic E-state index is 11.2. The van der Waals surface area contributed by atoms with Crippen molar-refractivity contribution in [2.24, 2.45) is 17.0 Å². The van der Waals surface area contributed by atoms with Crippen molar-refractivity contribution >= 4 is 11.7 Å². The van der Waals surface area contributed by atoms with Crippen molar-refractivity contribution in [2.45, 2.75) is 32.6 Å². The molecule has 0 aromatic rings. The zero-order chi connectivity index (χ0) is 10.6. The van der Waals surface area contributed by atoms with E-state index in [1.54, 1.807) is 0 Å². The van der Waals surface area contributed by atoms with Gasteiger partial charge in [-0.25, -0.2) is 0 Å². The molecule has 0 radical (unpaired) electrons. The number of rotatable bonds is 2. The van der Waals surface area contributed by atoms with Gasteiger partial charge < -0.3 is 9.94 Å². The van der Waals surface area contributed by atoms with Gasteiger partial charge in [0.25, 0.3) is 0 Å². The molecule has 4 heteroatoms. The van der Waals surface area contributed by atoms with Crippen molar-refractivity contribution < 1.29 is 14.7 Å². The molecular formula is C10H17NO3. The average molecular weight is 199 g/mol. The van der Waals surface area contributed by atoms with Crippen LogP contribution in [0.3, 0.4) is 0 Å². The molecule has 0 spiro atoms. The Balaban J connectivity index is 2.42. The normalized spacial score (nSPS) is 28.6. The van der Waals surface area contributed by atoms with Gasteiger partial charge in [-0.05, 0) is 32.6 Å². The van der Waals surface area contributed by atoms with E-state index in [1.807, 2.05) is 6.92 Å². The number of carbonyl (C=O) groups excluding carboxylic acids is 1. The summed E-state index contributed by atoms with van der Waals surface area (Å²) >= 11 is 0. The van der Waals surface area contributed by atoms with Gasteiger partial charge in [0.05, 0.1) is 18.7 Å². The number of nitrogens with zero attached hydrogens (tertiary/aromatic N) is 1. The molecule has 0 atom stereocenters. The van der Waals surface area contributed by atoms with Gasteiger partial charge in [-0.1, -0.05) is 5.16 Å². The first kappa shape index (κ1) is 11.0. The zero-order valence-corrected chi connectivity index (χ0v) is 8.69. The van der Waals surface area contributed by atoms with Crippen LogP contribution in [0, 0.1) is 11.8 Å². The molecule has 1 N–H and O–H groups in total. The summed E-state index contributed by atoms with van der Waals surface area (Å²) in [6, 6.07) is 0. The van der Waals surface area contributed by atoms with Crippen LogP contribution in [0.5, 0.6) is 0 Å². The number of oxime groups is 1. The van der Waals surface area contributed by atoms with E-state index < -0.39 is 0 Å². The second-order valence-electron chi connectivity index (χ2n) is 3.81. The fourth-order valence-corrected chi connectivity index (χ4v) is 2.00. The standard InChI is InChI=1S/C10H17NO3/c1-7(11-13)8-3-5-9(6-4-8)10(12)14-2/h8-9,13H,3-6H2,1-2H3/b11-7-. The fraction of sp³-hybridized carbons (Fsp3) is 0.800. The van der Waals surface area contributed by atoms with Gasteiger partial charge in [0.15, 0.2) is 0 Å². The lowest BCUT2D eigenvalue weighted by Crippen LogP contribution is -2.25. The van der Waals surface area contributed by atoms with E-state index in [-0.39, 0.29) is 11.9 Å². The summed E-state index contributed by atoms with van der Waals surface area (Å²) in [7, 11) is 1.43. The second-order valence-corrected chi connectivity index (χ2v) is 3.81. The van der Waals surface area contributed by atoms with Crippen molar-refractivity contribution in [1.29, 1.82) is 0 Å². The summed E-state index contributed by atoms with van der Waals surface area (Å²) in [4.78, 5) is 11.2. The Labute approximate surface area is 83.9 Å². The molecule has 80 valence electrons. The predicted molar refractivity (Wildman–Crippen MR) is 52.4 cm³/mol. The number of ether oxygens (including phenoxy) is 1. The highest BCUT2D eigenvalue weighted by Gasteiger charge is 2.28. The molecule has 0 aromatic heterocycles. The average Bonchev–Trinajstić information content (AvgIpc) is 2.27. The van der Waals surface area contributed by atoms with E-state index in [2.05, 4.69) is 5.16 Å². The number of hydrogen-bond acceptors (Lipinski definition) is 4. The third-order valence-corrected chi connectivity index (χ3v) is 3.01. The molecule has 1 saturated carbocycles. The Morgan fingerprint density at radius 2 is 1.79 bits per heavy atom. The Kier molecular flexibility index (Phi) is 3.92.